The van der Waals surface area contributed by atoms with Gasteiger partial charge in [-0.15, -0.1) is 5.10 Å². The molecule has 0 unspecified atom stereocenters. The second kappa shape index (κ2) is 6.65. The molecule has 1 aliphatic heterocycles. The van der Waals surface area contributed by atoms with E-state index in [4.69, 9.17) is 4.74 Å². The highest BCUT2D eigenvalue weighted by Gasteiger charge is 2.30. The first-order valence-electron chi connectivity index (χ1n) is 6.89. The average molecular weight is 266 g/mol. The fourth-order valence-corrected chi connectivity index (χ4v) is 2.51. The Morgan fingerprint density at radius 1 is 1.58 bits per heavy atom. The molecule has 0 bridgehead atoms. The Kier molecular flexibility index (Phi) is 4.90. The van der Waals surface area contributed by atoms with Crippen LogP contribution in [0, 0.1) is 11.8 Å². The van der Waals surface area contributed by atoms with Gasteiger partial charge < -0.3 is 10.1 Å². The largest absolute Gasteiger partial charge is 0.378 e. The predicted molar refractivity (Wildman–Crippen MR) is 70.3 cm³/mol. The molecule has 1 saturated heterocycles. The van der Waals surface area contributed by atoms with Crippen LogP contribution in [0.1, 0.15) is 26.7 Å². The number of nitrogens with zero attached hydrogens (tertiary/aromatic N) is 3. The fraction of sp³-hybridized carbons (Fsp3) is 0.769. The van der Waals surface area contributed by atoms with Crippen molar-refractivity contribution in [2.75, 3.05) is 13.2 Å². The van der Waals surface area contributed by atoms with E-state index >= 15 is 0 Å². The predicted octanol–water partition coefficient (Wildman–Crippen LogP) is 0.845. The lowest BCUT2D eigenvalue weighted by Gasteiger charge is -2.22. The molecule has 19 heavy (non-hydrogen) atoms. The minimum Gasteiger partial charge on any atom is -0.378 e. The van der Waals surface area contributed by atoms with Crippen molar-refractivity contribution >= 4 is 5.91 Å². The molecule has 106 valence electrons. The zero-order valence-corrected chi connectivity index (χ0v) is 11.6. The molecule has 1 amide bonds. The third kappa shape index (κ3) is 4.02. The van der Waals surface area contributed by atoms with Crippen LogP contribution in [-0.2, 0) is 16.1 Å². The molecule has 6 heteroatoms. The van der Waals surface area contributed by atoms with Gasteiger partial charge >= 0.3 is 0 Å². The second-order valence-electron chi connectivity index (χ2n) is 5.35. The van der Waals surface area contributed by atoms with E-state index in [1.54, 1.807) is 17.1 Å². The summed E-state index contributed by atoms with van der Waals surface area (Å²) in [7, 11) is 0. The van der Waals surface area contributed by atoms with Gasteiger partial charge in [0.1, 0.15) is 0 Å². The topological polar surface area (TPSA) is 69.0 Å². The van der Waals surface area contributed by atoms with Gasteiger partial charge in [0.25, 0.3) is 0 Å². The number of rotatable bonds is 6. The monoisotopic (exact) mass is 266 g/mol. The van der Waals surface area contributed by atoms with E-state index in [9.17, 15) is 4.79 Å². The van der Waals surface area contributed by atoms with Crippen molar-refractivity contribution in [3.8, 4) is 0 Å². The Bertz CT molecular complexity index is 391. The molecule has 0 aromatic carbocycles. The Labute approximate surface area is 113 Å². The van der Waals surface area contributed by atoms with Crippen LogP contribution >= 0.6 is 0 Å². The van der Waals surface area contributed by atoms with Crippen LogP contribution in [0.15, 0.2) is 12.4 Å². The van der Waals surface area contributed by atoms with E-state index in [1.165, 1.54) is 0 Å². The molecular formula is C13H22N4O2. The van der Waals surface area contributed by atoms with Crippen LogP contribution in [0.4, 0.5) is 0 Å². The van der Waals surface area contributed by atoms with Gasteiger partial charge in [-0.2, -0.15) is 0 Å². The molecule has 2 heterocycles. The van der Waals surface area contributed by atoms with Gasteiger partial charge in [-0.05, 0) is 12.3 Å². The molecule has 0 spiro atoms. The number of nitrogens with one attached hydrogen (secondary N) is 1. The van der Waals surface area contributed by atoms with E-state index in [2.05, 4.69) is 29.5 Å². The van der Waals surface area contributed by atoms with Gasteiger partial charge in [0.05, 0.1) is 18.8 Å². The maximum Gasteiger partial charge on any atom is 0.221 e. The van der Waals surface area contributed by atoms with Gasteiger partial charge in [-0.1, -0.05) is 19.1 Å². The highest BCUT2D eigenvalue weighted by Crippen LogP contribution is 2.25. The van der Waals surface area contributed by atoms with Crippen LogP contribution in [0.5, 0.6) is 0 Å². The Balaban J connectivity index is 1.68. The normalized spacial score (nSPS) is 22.9. The number of carbonyl (C=O) groups is 1. The molecule has 1 aliphatic rings. The van der Waals surface area contributed by atoms with Gasteiger partial charge in [0.15, 0.2) is 0 Å². The Morgan fingerprint density at radius 2 is 2.42 bits per heavy atom. The van der Waals surface area contributed by atoms with Crippen molar-refractivity contribution in [1.82, 2.24) is 20.3 Å². The standard InChI is InChI=1S/C13H22N4O2/c1-10(2)13-11(4-8-19-13)9-14-12(18)3-6-17-7-5-15-16-17/h5,7,10-11,13H,3-4,6,8-9H2,1-2H3,(H,14,18)/t11-,13-/m1/s1. The van der Waals surface area contributed by atoms with Crippen LogP contribution in [-0.4, -0.2) is 40.2 Å². The molecular weight excluding hydrogens is 244 g/mol. The minimum atomic E-state index is 0.0601. The fourth-order valence-electron chi connectivity index (χ4n) is 2.51. The first-order chi connectivity index (χ1) is 9.16. The number of carbonyl (C=O) groups excluding carboxylic acids is 1. The van der Waals surface area contributed by atoms with Gasteiger partial charge in [0.2, 0.25) is 5.91 Å². The third-order valence-corrected chi connectivity index (χ3v) is 3.52. The summed E-state index contributed by atoms with van der Waals surface area (Å²) < 4.78 is 7.37. The van der Waals surface area contributed by atoms with Crippen LogP contribution in [0.3, 0.4) is 0 Å². The molecule has 2 atom stereocenters. The second-order valence-corrected chi connectivity index (χ2v) is 5.35. The summed E-state index contributed by atoms with van der Waals surface area (Å²) in [5.74, 6) is 1.000. The molecule has 1 aromatic heterocycles. The lowest BCUT2D eigenvalue weighted by atomic mass is 9.93. The lowest BCUT2D eigenvalue weighted by molar-refractivity contribution is -0.121. The van der Waals surface area contributed by atoms with Crippen molar-refractivity contribution in [2.45, 2.75) is 39.3 Å². The maximum atomic E-state index is 11.8. The summed E-state index contributed by atoms with van der Waals surface area (Å²) in [5.41, 5.74) is 0. The SMILES string of the molecule is CC(C)[C@H]1OCC[C@@H]1CNC(=O)CCn1ccnn1. The van der Waals surface area contributed by atoms with Crippen molar-refractivity contribution in [3.05, 3.63) is 12.4 Å². The summed E-state index contributed by atoms with van der Waals surface area (Å²) in [6.07, 6.45) is 5.11. The Morgan fingerprint density at radius 3 is 3.11 bits per heavy atom. The number of ether oxygens (including phenoxy) is 1. The molecule has 0 radical (unpaired) electrons. The van der Waals surface area contributed by atoms with Crippen LogP contribution in [0.2, 0.25) is 0 Å². The van der Waals surface area contributed by atoms with Gasteiger partial charge in [-0.3, -0.25) is 9.48 Å². The smallest absolute Gasteiger partial charge is 0.221 e. The minimum absolute atomic E-state index is 0.0601. The van der Waals surface area contributed by atoms with E-state index in [-0.39, 0.29) is 12.0 Å². The summed E-state index contributed by atoms with van der Waals surface area (Å²) >= 11 is 0. The van der Waals surface area contributed by atoms with E-state index in [0.29, 0.717) is 31.3 Å². The quantitative estimate of drug-likeness (QED) is 0.828. The Hall–Kier alpha value is -1.43. The van der Waals surface area contributed by atoms with Crippen molar-refractivity contribution in [1.29, 1.82) is 0 Å². The third-order valence-electron chi connectivity index (χ3n) is 3.52. The summed E-state index contributed by atoms with van der Waals surface area (Å²) in [4.78, 5) is 11.8. The maximum absolute atomic E-state index is 11.8. The number of aryl methyl sites for hydroxylation is 1. The number of hydrogen-bond acceptors (Lipinski definition) is 4. The highest BCUT2D eigenvalue weighted by molar-refractivity contribution is 5.75. The molecule has 1 aromatic rings. The lowest BCUT2D eigenvalue weighted by Crippen LogP contribution is -2.35. The summed E-state index contributed by atoms with van der Waals surface area (Å²) in [6.45, 7) is 6.41. The van der Waals surface area contributed by atoms with Crippen LogP contribution in [0.25, 0.3) is 0 Å². The van der Waals surface area contributed by atoms with E-state index < -0.39 is 0 Å². The number of aromatic nitrogens is 3. The van der Waals surface area contributed by atoms with Gasteiger partial charge in [0, 0.05) is 31.7 Å². The molecule has 0 saturated carbocycles. The van der Waals surface area contributed by atoms with E-state index in [1.807, 2.05) is 0 Å². The first-order valence-corrected chi connectivity index (χ1v) is 6.89. The van der Waals surface area contributed by atoms with Gasteiger partial charge in [-0.25, -0.2) is 0 Å². The zero-order valence-electron chi connectivity index (χ0n) is 11.6. The molecule has 2 rings (SSSR count). The molecule has 1 N–H and O–H groups in total. The van der Waals surface area contributed by atoms with Crippen molar-refractivity contribution < 1.29 is 9.53 Å². The summed E-state index contributed by atoms with van der Waals surface area (Å²) in [6, 6.07) is 0. The number of amides is 1. The molecule has 0 aliphatic carbocycles. The first kappa shape index (κ1) is 14.0. The summed E-state index contributed by atoms with van der Waals surface area (Å²) in [5, 5.41) is 10.5. The van der Waals surface area contributed by atoms with Crippen molar-refractivity contribution in [2.24, 2.45) is 11.8 Å². The zero-order chi connectivity index (χ0) is 13.7. The van der Waals surface area contributed by atoms with Crippen LogP contribution < -0.4 is 5.32 Å². The average Bonchev–Trinajstić information content (AvgIpc) is 3.04. The number of hydrogen-bond donors (Lipinski definition) is 1. The highest BCUT2D eigenvalue weighted by atomic mass is 16.5. The van der Waals surface area contributed by atoms with E-state index in [0.717, 1.165) is 13.0 Å². The van der Waals surface area contributed by atoms with Crippen molar-refractivity contribution in [3.63, 3.8) is 0 Å². The molecule has 1 fully saturated rings. The molecule has 6 nitrogen and oxygen atoms in total.